The molecule has 1 aliphatic rings. The van der Waals surface area contributed by atoms with E-state index in [0.29, 0.717) is 75.8 Å². The molecule has 7 nitrogen and oxygen atoms in total. The van der Waals surface area contributed by atoms with Gasteiger partial charge in [-0.05, 0) is 74.4 Å². The van der Waals surface area contributed by atoms with Gasteiger partial charge in [-0.3, -0.25) is 9.69 Å². The van der Waals surface area contributed by atoms with Gasteiger partial charge in [-0.1, -0.05) is 29.3 Å². The van der Waals surface area contributed by atoms with Crippen LogP contribution in [0.3, 0.4) is 0 Å². The van der Waals surface area contributed by atoms with E-state index in [-0.39, 0.29) is 12.5 Å². The summed E-state index contributed by atoms with van der Waals surface area (Å²) in [6.45, 7) is 5.55. The Morgan fingerprint density at radius 1 is 0.973 bits per heavy atom. The highest BCUT2D eigenvalue weighted by Gasteiger charge is 2.30. The lowest BCUT2D eigenvalue weighted by molar-refractivity contribution is -0.122. The molecule has 0 saturated carbocycles. The summed E-state index contributed by atoms with van der Waals surface area (Å²) in [4.78, 5) is 14.5. The van der Waals surface area contributed by atoms with E-state index in [0.717, 1.165) is 5.56 Å². The van der Waals surface area contributed by atoms with Crippen LogP contribution in [0.15, 0.2) is 58.6 Å². The number of carbonyl (C=O) groups is 1. The Balaban J connectivity index is 1.36. The van der Waals surface area contributed by atoms with Crippen molar-refractivity contribution in [2.24, 2.45) is 0 Å². The van der Waals surface area contributed by atoms with Gasteiger partial charge in [0, 0.05) is 18.7 Å². The molecule has 1 saturated heterocycles. The highest BCUT2D eigenvalue weighted by Crippen LogP contribution is 2.29. The zero-order valence-corrected chi connectivity index (χ0v) is 22.7. The van der Waals surface area contributed by atoms with Gasteiger partial charge >= 0.3 is 0 Å². The number of furan rings is 1. The Morgan fingerprint density at radius 3 is 2.51 bits per heavy atom. The average molecular weight is 561 g/mol. The minimum Gasteiger partial charge on any atom is -0.490 e. The van der Waals surface area contributed by atoms with E-state index in [9.17, 15) is 4.79 Å². The minimum atomic E-state index is -0.217. The second kappa shape index (κ2) is 12.4. The molecule has 37 heavy (non-hydrogen) atoms. The monoisotopic (exact) mass is 560 g/mol. The summed E-state index contributed by atoms with van der Waals surface area (Å²) >= 11 is 17.4. The Labute approximate surface area is 230 Å². The van der Waals surface area contributed by atoms with E-state index in [1.54, 1.807) is 36.4 Å². The lowest BCUT2D eigenvalue weighted by Crippen LogP contribution is -2.32. The number of hydrogen-bond donors (Lipinski definition) is 1. The molecule has 1 fully saturated rings. The first-order valence-electron chi connectivity index (χ1n) is 11.8. The smallest absolute Gasteiger partial charge is 0.276 e. The number of hydrogen-bond acceptors (Lipinski definition) is 6. The van der Waals surface area contributed by atoms with Crippen LogP contribution in [-0.2, 0) is 17.8 Å². The van der Waals surface area contributed by atoms with Crippen LogP contribution < -0.4 is 19.5 Å². The van der Waals surface area contributed by atoms with Crippen LogP contribution >= 0.6 is 35.4 Å². The molecule has 2 heterocycles. The highest BCUT2D eigenvalue weighted by molar-refractivity contribution is 7.80. The predicted octanol–water partition coefficient (Wildman–Crippen LogP) is 6.26. The van der Waals surface area contributed by atoms with E-state index in [2.05, 4.69) is 5.32 Å². The van der Waals surface area contributed by atoms with Crippen LogP contribution in [0.4, 0.5) is 0 Å². The fourth-order valence-electron chi connectivity index (χ4n) is 3.68. The van der Waals surface area contributed by atoms with Crippen LogP contribution in [0.25, 0.3) is 6.08 Å². The SMILES string of the molecule is CCOc1ccc(CCN2C(=O)/C(=C\c3ccc(COc4ccc(Cl)c(Cl)c4)o3)NC2=S)cc1OCC. The topological polar surface area (TPSA) is 73.2 Å². The van der Waals surface area contributed by atoms with Gasteiger partial charge in [-0.2, -0.15) is 0 Å². The molecule has 0 aliphatic carbocycles. The molecular weight excluding hydrogens is 535 g/mol. The van der Waals surface area contributed by atoms with Gasteiger partial charge in [-0.15, -0.1) is 0 Å². The molecule has 194 valence electrons. The van der Waals surface area contributed by atoms with Crippen molar-refractivity contribution < 1.29 is 23.4 Å². The third-order valence-corrected chi connectivity index (χ3v) is 6.50. The predicted molar refractivity (Wildman–Crippen MR) is 147 cm³/mol. The molecule has 10 heteroatoms. The van der Waals surface area contributed by atoms with Gasteiger partial charge < -0.3 is 23.9 Å². The number of nitrogens with zero attached hydrogens (tertiary/aromatic N) is 1. The zero-order chi connectivity index (χ0) is 26.4. The summed E-state index contributed by atoms with van der Waals surface area (Å²) in [5, 5.41) is 4.19. The molecular formula is C27H26Cl2N2O5S. The van der Waals surface area contributed by atoms with E-state index < -0.39 is 0 Å². The van der Waals surface area contributed by atoms with E-state index in [4.69, 9.17) is 54.0 Å². The van der Waals surface area contributed by atoms with Crippen molar-refractivity contribution in [1.82, 2.24) is 10.2 Å². The standard InChI is InChI=1S/C27H26Cl2N2O5S/c1-3-33-24-10-5-17(13-25(24)34-4-2)11-12-31-26(32)23(30-27(31)37)15-19-6-7-20(36-19)16-35-18-8-9-21(28)22(29)14-18/h5-10,13-15H,3-4,11-12,16H2,1-2H3,(H,30,37)/b23-15+. The zero-order valence-electron chi connectivity index (χ0n) is 20.4. The van der Waals surface area contributed by atoms with Gasteiger partial charge in [0.2, 0.25) is 0 Å². The number of amides is 1. The van der Waals surface area contributed by atoms with Crippen molar-refractivity contribution >= 4 is 52.5 Å². The summed E-state index contributed by atoms with van der Waals surface area (Å²) in [5.74, 6) is 2.83. The molecule has 0 bridgehead atoms. The molecule has 2 aromatic carbocycles. The Hall–Kier alpha value is -3.20. The van der Waals surface area contributed by atoms with Crippen LogP contribution in [-0.4, -0.2) is 35.7 Å². The minimum absolute atomic E-state index is 0.193. The van der Waals surface area contributed by atoms with Crippen LogP contribution in [0, 0.1) is 0 Å². The first kappa shape index (κ1) is 26.9. The molecule has 3 aromatic rings. The highest BCUT2D eigenvalue weighted by atomic mass is 35.5. The number of carbonyl (C=O) groups excluding carboxylic acids is 1. The number of halogens is 2. The fraction of sp³-hybridized carbons (Fsp3) is 0.259. The van der Waals surface area contributed by atoms with Crippen molar-refractivity contribution in [1.29, 1.82) is 0 Å². The van der Waals surface area contributed by atoms with Crippen molar-refractivity contribution in [3.05, 3.63) is 81.4 Å². The van der Waals surface area contributed by atoms with E-state index in [1.807, 2.05) is 32.0 Å². The molecule has 0 spiro atoms. The first-order valence-corrected chi connectivity index (χ1v) is 12.9. The maximum absolute atomic E-state index is 13.0. The fourth-order valence-corrected chi connectivity index (χ4v) is 4.25. The maximum atomic E-state index is 13.0. The molecule has 4 rings (SSSR count). The van der Waals surface area contributed by atoms with Crippen LogP contribution in [0.1, 0.15) is 30.9 Å². The summed E-state index contributed by atoms with van der Waals surface area (Å²) in [6, 6.07) is 14.4. The van der Waals surface area contributed by atoms with Gasteiger partial charge in [0.25, 0.3) is 5.91 Å². The van der Waals surface area contributed by atoms with Crippen molar-refractivity contribution in [3.63, 3.8) is 0 Å². The third-order valence-electron chi connectivity index (χ3n) is 5.44. The molecule has 0 unspecified atom stereocenters. The largest absolute Gasteiger partial charge is 0.490 e. The second-order valence-electron chi connectivity index (χ2n) is 8.01. The van der Waals surface area contributed by atoms with E-state index in [1.165, 1.54) is 4.90 Å². The number of ether oxygens (including phenoxy) is 3. The molecule has 0 atom stereocenters. The van der Waals surface area contributed by atoms with Gasteiger partial charge in [0.1, 0.15) is 29.6 Å². The normalized spacial score (nSPS) is 14.3. The van der Waals surface area contributed by atoms with Gasteiger partial charge in [-0.25, -0.2) is 0 Å². The van der Waals surface area contributed by atoms with Gasteiger partial charge in [0.05, 0.1) is 23.3 Å². The Kier molecular flexibility index (Phi) is 8.97. The Bertz CT molecular complexity index is 1320. The molecule has 0 radical (unpaired) electrons. The van der Waals surface area contributed by atoms with Crippen LogP contribution in [0.2, 0.25) is 10.0 Å². The lowest BCUT2D eigenvalue weighted by atomic mass is 10.1. The third kappa shape index (κ3) is 6.77. The van der Waals surface area contributed by atoms with Gasteiger partial charge in [0.15, 0.2) is 16.6 Å². The lowest BCUT2D eigenvalue weighted by Gasteiger charge is -2.15. The molecule has 1 aromatic heterocycles. The van der Waals surface area contributed by atoms with E-state index >= 15 is 0 Å². The number of rotatable bonds is 11. The average Bonchev–Trinajstić information content (AvgIpc) is 3.43. The number of nitrogens with one attached hydrogen (secondary N) is 1. The second-order valence-corrected chi connectivity index (χ2v) is 9.21. The summed E-state index contributed by atoms with van der Waals surface area (Å²) in [5.41, 5.74) is 1.36. The molecule has 1 amide bonds. The number of thiocarbonyl (C=S) groups is 1. The number of benzene rings is 2. The molecule has 1 N–H and O–H groups in total. The summed E-state index contributed by atoms with van der Waals surface area (Å²) in [6.07, 6.45) is 2.23. The summed E-state index contributed by atoms with van der Waals surface area (Å²) in [7, 11) is 0. The maximum Gasteiger partial charge on any atom is 0.276 e. The Morgan fingerprint density at radius 2 is 1.76 bits per heavy atom. The van der Waals surface area contributed by atoms with Crippen molar-refractivity contribution in [3.8, 4) is 17.2 Å². The van der Waals surface area contributed by atoms with Crippen LogP contribution in [0.5, 0.6) is 17.2 Å². The van der Waals surface area contributed by atoms with Crippen molar-refractivity contribution in [2.45, 2.75) is 26.9 Å². The molecule has 1 aliphatic heterocycles. The quantitative estimate of drug-likeness (QED) is 0.219. The first-order chi connectivity index (χ1) is 17.9. The van der Waals surface area contributed by atoms with Crippen molar-refractivity contribution in [2.75, 3.05) is 19.8 Å². The summed E-state index contributed by atoms with van der Waals surface area (Å²) < 4.78 is 22.8.